The molecule has 0 aliphatic carbocycles. The van der Waals surface area contributed by atoms with E-state index in [4.69, 9.17) is 9.98 Å². The maximum absolute atomic E-state index is 5.33. The van der Waals surface area contributed by atoms with Gasteiger partial charge in [0.1, 0.15) is 5.65 Å². The van der Waals surface area contributed by atoms with Gasteiger partial charge in [-0.25, -0.2) is 9.98 Å². The molecule has 0 N–H and O–H groups in total. The van der Waals surface area contributed by atoms with Crippen molar-refractivity contribution >= 4 is 66.4 Å². The number of aliphatic imine (C=N–C) groups is 2. The summed E-state index contributed by atoms with van der Waals surface area (Å²) in [6.45, 7) is 0. The van der Waals surface area contributed by atoms with Gasteiger partial charge >= 0.3 is 0 Å². The molecule has 0 amide bonds. The quantitative estimate of drug-likeness (QED) is 0.172. The summed E-state index contributed by atoms with van der Waals surface area (Å²) < 4.78 is 4.90. The highest BCUT2D eigenvalue weighted by molar-refractivity contribution is 6.20. The molecule has 9 aromatic rings. The second kappa shape index (κ2) is 11.6. The first-order valence-electron chi connectivity index (χ1n) is 17.2. The van der Waals surface area contributed by atoms with Gasteiger partial charge < -0.3 is 0 Å². The first kappa shape index (κ1) is 28.5. The molecule has 10 rings (SSSR count). The largest absolute Gasteiger partial charge is 0.295 e. The van der Waals surface area contributed by atoms with E-state index in [9.17, 15) is 0 Å². The Morgan fingerprint density at radius 2 is 1.04 bits per heavy atom. The van der Waals surface area contributed by atoms with E-state index >= 15 is 0 Å². The third-order valence-electron chi connectivity index (χ3n) is 9.98. The van der Waals surface area contributed by atoms with Gasteiger partial charge in [-0.05, 0) is 59.7 Å². The van der Waals surface area contributed by atoms with Crippen molar-refractivity contribution in [3.05, 3.63) is 187 Å². The Labute approximate surface area is 289 Å². The molecular formula is C46H32N4. The van der Waals surface area contributed by atoms with Gasteiger partial charge in [0.05, 0.1) is 28.0 Å². The zero-order valence-electron chi connectivity index (χ0n) is 27.4. The van der Waals surface area contributed by atoms with Crippen LogP contribution in [0, 0.1) is 0 Å². The summed E-state index contributed by atoms with van der Waals surface area (Å²) in [5, 5.41) is 6.26. The zero-order valence-corrected chi connectivity index (χ0v) is 27.4. The molecule has 4 heterocycles. The number of amidine groups is 1. The summed E-state index contributed by atoms with van der Waals surface area (Å²) in [7, 11) is 0. The number of aromatic nitrogens is 2. The van der Waals surface area contributed by atoms with Gasteiger partial charge in [-0.15, -0.1) is 0 Å². The number of fused-ring (bicyclic) bond motifs is 10. The summed E-state index contributed by atoms with van der Waals surface area (Å²) in [5.74, 6) is 0.727. The highest BCUT2D eigenvalue weighted by Crippen LogP contribution is 2.39. The molecule has 0 saturated heterocycles. The van der Waals surface area contributed by atoms with Gasteiger partial charge in [0, 0.05) is 32.8 Å². The maximum atomic E-state index is 5.33. The van der Waals surface area contributed by atoms with Crippen LogP contribution in [0.1, 0.15) is 29.5 Å². The molecule has 0 unspecified atom stereocenters. The Balaban J connectivity index is 1.20. The summed E-state index contributed by atoms with van der Waals surface area (Å²) in [5.41, 5.74) is 11.1. The van der Waals surface area contributed by atoms with Crippen LogP contribution in [0.25, 0.3) is 60.5 Å². The molecule has 0 spiro atoms. The van der Waals surface area contributed by atoms with Crippen molar-refractivity contribution in [1.82, 2.24) is 8.97 Å². The normalized spacial score (nSPS) is 13.8. The third-order valence-corrected chi connectivity index (χ3v) is 9.98. The van der Waals surface area contributed by atoms with Gasteiger partial charge in [-0.1, -0.05) is 140 Å². The molecule has 1 aliphatic rings. The predicted octanol–water partition coefficient (Wildman–Crippen LogP) is 11.4. The highest BCUT2D eigenvalue weighted by atomic mass is 15.1. The second-order valence-electron chi connectivity index (χ2n) is 12.9. The van der Waals surface area contributed by atoms with Crippen molar-refractivity contribution in [3.8, 4) is 5.69 Å². The van der Waals surface area contributed by atoms with Crippen molar-refractivity contribution in [1.29, 1.82) is 0 Å². The molecule has 0 saturated carbocycles. The second-order valence-corrected chi connectivity index (χ2v) is 12.9. The molecule has 0 radical (unpaired) electrons. The summed E-state index contributed by atoms with van der Waals surface area (Å²) in [4.78, 5) is 10.5. The summed E-state index contributed by atoms with van der Waals surface area (Å²) in [6.07, 6.45) is 3.90. The number of benzene rings is 6. The Bertz CT molecular complexity index is 2850. The number of nitrogens with zero attached hydrogens (tertiary/aromatic N) is 4. The molecule has 0 atom stereocenters. The SMILES string of the molecule is C1=C(c2ccccc2)N=C(c2ccccc2)N=C(c2cccc(-n3c4ccccc4c4cc5c6ccccc6c6ccccc6n5c43)c2)CC1. The van der Waals surface area contributed by atoms with Gasteiger partial charge in [0.25, 0.3) is 0 Å². The zero-order chi connectivity index (χ0) is 33.0. The molecule has 50 heavy (non-hydrogen) atoms. The number of allylic oxidation sites excluding steroid dienone is 1. The first-order chi connectivity index (χ1) is 24.8. The Morgan fingerprint density at radius 3 is 1.80 bits per heavy atom. The Morgan fingerprint density at radius 1 is 0.440 bits per heavy atom. The van der Waals surface area contributed by atoms with Crippen molar-refractivity contribution in [3.63, 3.8) is 0 Å². The molecule has 4 nitrogen and oxygen atoms in total. The highest BCUT2D eigenvalue weighted by Gasteiger charge is 2.21. The van der Waals surface area contributed by atoms with E-state index in [-0.39, 0.29) is 0 Å². The van der Waals surface area contributed by atoms with Crippen molar-refractivity contribution < 1.29 is 0 Å². The fourth-order valence-corrected chi connectivity index (χ4v) is 7.73. The standard InChI is InChI=1S/C46H32N4/c1-3-15-31(16-4-1)40-25-14-26-41(48-45(47-40)32-17-5-2-6-18-32)33-19-13-20-34(29-33)49-42-27-11-10-24-38(42)39-30-44-37-23-8-7-21-35(37)36-22-9-12-28-43(36)50(44)46(39)49/h1-13,15-25,27-30H,14,26H2. The molecule has 1 aliphatic heterocycles. The number of hydrogen-bond acceptors (Lipinski definition) is 2. The first-order valence-corrected chi connectivity index (χ1v) is 17.2. The average molecular weight is 641 g/mol. The van der Waals surface area contributed by atoms with E-state index < -0.39 is 0 Å². The van der Waals surface area contributed by atoms with Gasteiger partial charge in [0.2, 0.25) is 0 Å². The lowest BCUT2D eigenvalue weighted by Gasteiger charge is -2.15. The van der Waals surface area contributed by atoms with Crippen LogP contribution in [0.4, 0.5) is 0 Å². The number of para-hydroxylation sites is 2. The maximum Gasteiger partial charge on any atom is 0.160 e. The van der Waals surface area contributed by atoms with Crippen LogP contribution in [-0.2, 0) is 0 Å². The molecule has 4 heteroatoms. The lowest BCUT2D eigenvalue weighted by Crippen LogP contribution is -2.10. The van der Waals surface area contributed by atoms with Crippen LogP contribution in [0.2, 0.25) is 0 Å². The molecule has 236 valence electrons. The minimum absolute atomic E-state index is 0.727. The van der Waals surface area contributed by atoms with Crippen LogP contribution >= 0.6 is 0 Å². The van der Waals surface area contributed by atoms with Crippen LogP contribution in [0.15, 0.2) is 180 Å². The number of rotatable bonds is 4. The summed E-state index contributed by atoms with van der Waals surface area (Å²) >= 11 is 0. The minimum Gasteiger partial charge on any atom is -0.295 e. The van der Waals surface area contributed by atoms with E-state index in [1.165, 1.54) is 49.1 Å². The molecule has 6 aromatic carbocycles. The molecular weight excluding hydrogens is 609 g/mol. The third kappa shape index (κ3) is 4.53. The summed E-state index contributed by atoms with van der Waals surface area (Å²) in [6, 6.07) is 58.3. The van der Waals surface area contributed by atoms with E-state index in [2.05, 4.69) is 167 Å². The predicted molar refractivity (Wildman–Crippen MR) is 210 cm³/mol. The van der Waals surface area contributed by atoms with Crippen LogP contribution < -0.4 is 0 Å². The molecule has 0 fully saturated rings. The number of hydrogen-bond donors (Lipinski definition) is 0. The lowest BCUT2D eigenvalue weighted by atomic mass is 10.0. The Hall–Kier alpha value is -6.52. The average Bonchev–Trinajstić information content (AvgIpc) is 3.71. The van der Waals surface area contributed by atoms with E-state index in [1.54, 1.807) is 0 Å². The molecule has 3 aromatic heterocycles. The molecule has 0 bridgehead atoms. The van der Waals surface area contributed by atoms with Gasteiger partial charge in [0.15, 0.2) is 5.84 Å². The fourth-order valence-electron chi connectivity index (χ4n) is 7.73. The number of pyridine rings is 1. The van der Waals surface area contributed by atoms with Crippen molar-refractivity contribution in [2.45, 2.75) is 12.8 Å². The topological polar surface area (TPSA) is 34.1 Å². The van der Waals surface area contributed by atoms with Gasteiger partial charge in [-0.3, -0.25) is 8.97 Å². The minimum atomic E-state index is 0.727. The van der Waals surface area contributed by atoms with E-state index in [0.717, 1.165) is 52.5 Å². The monoisotopic (exact) mass is 640 g/mol. The lowest BCUT2D eigenvalue weighted by molar-refractivity contribution is 1.08. The van der Waals surface area contributed by atoms with Crippen LogP contribution in [-0.4, -0.2) is 20.5 Å². The fraction of sp³-hybridized carbons (Fsp3) is 0.0435. The van der Waals surface area contributed by atoms with E-state index in [0.29, 0.717) is 0 Å². The van der Waals surface area contributed by atoms with Gasteiger partial charge in [-0.2, -0.15) is 0 Å². The van der Waals surface area contributed by atoms with Crippen LogP contribution in [0.3, 0.4) is 0 Å². The smallest absolute Gasteiger partial charge is 0.160 e. The van der Waals surface area contributed by atoms with Crippen LogP contribution in [0.5, 0.6) is 0 Å². The Kier molecular flexibility index (Phi) is 6.59. The van der Waals surface area contributed by atoms with Crippen molar-refractivity contribution in [2.24, 2.45) is 9.98 Å². The van der Waals surface area contributed by atoms with E-state index in [1.807, 2.05) is 12.1 Å². The van der Waals surface area contributed by atoms with Crippen molar-refractivity contribution in [2.75, 3.05) is 0 Å².